The van der Waals surface area contributed by atoms with E-state index in [-0.39, 0.29) is 5.75 Å². The summed E-state index contributed by atoms with van der Waals surface area (Å²) < 4.78 is 18.2. The number of halogens is 1. The van der Waals surface area contributed by atoms with Crippen molar-refractivity contribution in [1.29, 1.82) is 0 Å². The Kier molecular flexibility index (Phi) is 2.51. The maximum Gasteiger partial charge on any atom is 0.203 e. The molecule has 15 heavy (non-hydrogen) atoms. The number of hydrogen-bond donors (Lipinski definition) is 1. The second-order valence-electron chi connectivity index (χ2n) is 2.79. The molecular weight excluding hydrogens is 217 g/mol. The molecule has 0 saturated carbocycles. The van der Waals surface area contributed by atoms with Crippen LogP contribution in [-0.4, -0.2) is 17.3 Å². The van der Waals surface area contributed by atoms with Gasteiger partial charge in [-0.1, -0.05) is 11.3 Å². The molecule has 1 aromatic heterocycles. The van der Waals surface area contributed by atoms with Crippen molar-refractivity contribution < 1.29 is 9.13 Å². The molecule has 2 rings (SSSR count). The van der Waals surface area contributed by atoms with Gasteiger partial charge in [0.15, 0.2) is 11.6 Å². The highest BCUT2D eigenvalue weighted by atomic mass is 32.1. The van der Waals surface area contributed by atoms with Crippen molar-refractivity contribution in [2.24, 2.45) is 0 Å². The van der Waals surface area contributed by atoms with Gasteiger partial charge < -0.3 is 10.5 Å². The van der Waals surface area contributed by atoms with E-state index in [2.05, 4.69) is 10.2 Å². The highest BCUT2D eigenvalue weighted by molar-refractivity contribution is 7.18. The molecule has 0 aliphatic carbocycles. The Morgan fingerprint density at radius 3 is 2.73 bits per heavy atom. The van der Waals surface area contributed by atoms with Crippen molar-refractivity contribution in [2.45, 2.75) is 0 Å². The SMILES string of the molecule is COc1ccc(-c2nnc(N)s2)cc1F. The molecule has 4 nitrogen and oxygen atoms in total. The lowest BCUT2D eigenvalue weighted by atomic mass is 10.2. The molecule has 0 radical (unpaired) electrons. The zero-order chi connectivity index (χ0) is 10.8. The molecule has 2 N–H and O–H groups in total. The quantitative estimate of drug-likeness (QED) is 0.848. The third kappa shape index (κ3) is 1.89. The van der Waals surface area contributed by atoms with Crippen molar-refractivity contribution in [3.63, 3.8) is 0 Å². The monoisotopic (exact) mass is 225 g/mol. The van der Waals surface area contributed by atoms with E-state index >= 15 is 0 Å². The Bertz CT molecular complexity index is 486. The van der Waals surface area contributed by atoms with E-state index in [1.54, 1.807) is 12.1 Å². The van der Waals surface area contributed by atoms with Gasteiger partial charge in [0, 0.05) is 5.56 Å². The Balaban J connectivity index is 2.42. The molecule has 1 aromatic carbocycles. The minimum absolute atomic E-state index is 0.205. The molecule has 0 fully saturated rings. The van der Waals surface area contributed by atoms with Crippen LogP contribution in [0.4, 0.5) is 9.52 Å². The number of methoxy groups -OCH3 is 1. The summed E-state index contributed by atoms with van der Waals surface area (Å²) in [5.41, 5.74) is 6.08. The fraction of sp³-hybridized carbons (Fsp3) is 0.111. The molecule has 0 saturated heterocycles. The van der Waals surface area contributed by atoms with Gasteiger partial charge in [-0.2, -0.15) is 0 Å². The van der Waals surface area contributed by atoms with E-state index in [0.29, 0.717) is 15.7 Å². The highest BCUT2D eigenvalue weighted by Crippen LogP contribution is 2.28. The first kappa shape index (κ1) is 9.85. The zero-order valence-corrected chi connectivity index (χ0v) is 8.71. The summed E-state index contributed by atoms with van der Waals surface area (Å²) in [6, 6.07) is 4.60. The number of benzene rings is 1. The molecule has 6 heteroatoms. The maximum atomic E-state index is 13.3. The predicted octanol–water partition coefficient (Wildman–Crippen LogP) is 1.94. The Labute approximate surface area is 89.5 Å². The summed E-state index contributed by atoms with van der Waals surface area (Å²) in [5.74, 6) is -0.222. The average molecular weight is 225 g/mol. The van der Waals surface area contributed by atoms with Crippen LogP contribution in [0.2, 0.25) is 0 Å². The molecule has 0 amide bonds. The molecule has 1 heterocycles. The first-order chi connectivity index (χ1) is 7.20. The van der Waals surface area contributed by atoms with Crippen molar-refractivity contribution in [3.05, 3.63) is 24.0 Å². The van der Waals surface area contributed by atoms with Gasteiger partial charge in [0.05, 0.1) is 7.11 Å². The van der Waals surface area contributed by atoms with Gasteiger partial charge in [-0.25, -0.2) is 4.39 Å². The minimum atomic E-state index is -0.427. The van der Waals surface area contributed by atoms with Gasteiger partial charge in [0.1, 0.15) is 5.01 Å². The Morgan fingerprint density at radius 2 is 2.20 bits per heavy atom. The maximum absolute atomic E-state index is 13.3. The van der Waals surface area contributed by atoms with Crippen molar-refractivity contribution >= 4 is 16.5 Å². The van der Waals surface area contributed by atoms with Gasteiger partial charge in [-0.3, -0.25) is 0 Å². The first-order valence-electron chi connectivity index (χ1n) is 4.13. The van der Waals surface area contributed by atoms with Crippen molar-refractivity contribution in [3.8, 4) is 16.3 Å². The second-order valence-corrected chi connectivity index (χ2v) is 3.80. The van der Waals surface area contributed by atoms with Crippen LogP contribution in [-0.2, 0) is 0 Å². The molecule has 0 spiro atoms. The number of anilines is 1. The van der Waals surface area contributed by atoms with Crippen LogP contribution in [0.15, 0.2) is 18.2 Å². The largest absolute Gasteiger partial charge is 0.494 e. The topological polar surface area (TPSA) is 61.0 Å². The smallest absolute Gasteiger partial charge is 0.203 e. The molecule has 78 valence electrons. The average Bonchev–Trinajstić information content (AvgIpc) is 2.65. The van der Waals surface area contributed by atoms with Crippen LogP contribution in [0.25, 0.3) is 10.6 Å². The van der Waals surface area contributed by atoms with Gasteiger partial charge in [-0.15, -0.1) is 10.2 Å². The minimum Gasteiger partial charge on any atom is -0.494 e. The lowest BCUT2D eigenvalue weighted by molar-refractivity contribution is 0.386. The van der Waals surface area contributed by atoms with E-state index < -0.39 is 5.82 Å². The van der Waals surface area contributed by atoms with Crippen LogP contribution >= 0.6 is 11.3 Å². The summed E-state index contributed by atoms with van der Waals surface area (Å²) in [4.78, 5) is 0. The molecule has 0 atom stereocenters. The van der Waals surface area contributed by atoms with E-state index in [9.17, 15) is 4.39 Å². The number of hydrogen-bond acceptors (Lipinski definition) is 5. The van der Waals surface area contributed by atoms with Gasteiger partial charge in [-0.05, 0) is 18.2 Å². The summed E-state index contributed by atoms with van der Waals surface area (Å²) in [6.07, 6.45) is 0. The number of aromatic nitrogens is 2. The van der Waals surface area contributed by atoms with E-state index in [1.165, 1.54) is 24.5 Å². The van der Waals surface area contributed by atoms with Crippen molar-refractivity contribution in [2.75, 3.05) is 12.8 Å². The lowest BCUT2D eigenvalue weighted by Crippen LogP contribution is -1.88. The summed E-state index contributed by atoms with van der Waals surface area (Å²) >= 11 is 1.21. The van der Waals surface area contributed by atoms with Crippen LogP contribution in [0, 0.1) is 5.82 Å². The third-order valence-corrected chi connectivity index (χ3v) is 2.64. The van der Waals surface area contributed by atoms with Gasteiger partial charge in [0.2, 0.25) is 5.13 Å². The first-order valence-corrected chi connectivity index (χ1v) is 4.95. The summed E-state index contributed by atoms with van der Waals surface area (Å²) in [5, 5.41) is 8.43. The zero-order valence-electron chi connectivity index (χ0n) is 7.90. The lowest BCUT2D eigenvalue weighted by Gasteiger charge is -2.02. The van der Waals surface area contributed by atoms with Crippen LogP contribution < -0.4 is 10.5 Å². The molecule has 0 bridgehead atoms. The molecular formula is C9H8FN3OS. The van der Waals surface area contributed by atoms with Gasteiger partial charge in [0.25, 0.3) is 0 Å². The van der Waals surface area contributed by atoms with E-state index in [4.69, 9.17) is 10.5 Å². The van der Waals surface area contributed by atoms with Gasteiger partial charge >= 0.3 is 0 Å². The Morgan fingerprint density at radius 1 is 1.40 bits per heavy atom. The van der Waals surface area contributed by atoms with Crippen LogP contribution in [0.5, 0.6) is 5.75 Å². The van der Waals surface area contributed by atoms with Crippen molar-refractivity contribution in [1.82, 2.24) is 10.2 Å². The standard InChI is InChI=1S/C9H8FN3OS/c1-14-7-3-2-5(4-6(7)10)8-12-13-9(11)15-8/h2-4H,1H3,(H2,11,13). The number of nitrogen functional groups attached to an aromatic ring is 1. The Hall–Kier alpha value is -1.69. The molecule has 2 aromatic rings. The predicted molar refractivity (Wildman–Crippen MR) is 56.3 cm³/mol. The van der Waals surface area contributed by atoms with Crippen LogP contribution in [0.1, 0.15) is 0 Å². The molecule has 0 aliphatic heterocycles. The highest BCUT2D eigenvalue weighted by Gasteiger charge is 2.08. The number of nitrogens with zero attached hydrogens (tertiary/aromatic N) is 2. The molecule has 0 unspecified atom stereocenters. The number of ether oxygens (including phenoxy) is 1. The van der Waals surface area contributed by atoms with E-state index in [1.807, 2.05) is 0 Å². The fourth-order valence-electron chi connectivity index (χ4n) is 1.15. The normalized spacial score (nSPS) is 10.3. The second kappa shape index (κ2) is 3.82. The fourth-order valence-corrected chi connectivity index (χ4v) is 1.76. The summed E-state index contributed by atoms with van der Waals surface area (Å²) in [6.45, 7) is 0. The molecule has 0 aliphatic rings. The third-order valence-electron chi connectivity index (χ3n) is 1.84. The summed E-state index contributed by atoms with van der Waals surface area (Å²) in [7, 11) is 1.42. The number of rotatable bonds is 2. The van der Waals surface area contributed by atoms with E-state index in [0.717, 1.165) is 0 Å². The number of nitrogens with two attached hydrogens (primary N) is 1. The van der Waals surface area contributed by atoms with Crippen LogP contribution in [0.3, 0.4) is 0 Å².